The lowest BCUT2D eigenvalue weighted by Crippen LogP contribution is -2.35. The number of rotatable bonds is 6. The number of carbonyl (C=O) groups is 2. The summed E-state index contributed by atoms with van der Waals surface area (Å²) in [6.45, 7) is 5.59. The summed E-state index contributed by atoms with van der Waals surface area (Å²) in [4.78, 5) is 24.9. The van der Waals surface area contributed by atoms with E-state index in [1.807, 2.05) is 42.7 Å². The molecule has 0 radical (unpaired) electrons. The Hall–Kier alpha value is -2.76. The number of methoxy groups -OCH3 is 1. The van der Waals surface area contributed by atoms with Gasteiger partial charge in [-0.15, -0.1) is 0 Å². The second-order valence-electron chi connectivity index (χ2n) is 5.53. The van der Waals surface area contributed by atoms with Gasteiger partial charge in [-0.1, -0.05) is 0 Å². The van der Waals surface area contributed by atoms with Crippen LogP contribution in [0.1, 0.15) is 28.7 Å². The third-order valence-corrected chi connectivity index (χ3v) is 3.99. The number of hydrogen-bond donors (Lipinski definition) is 1. The van der Waals surface area contributed by atoms with Crippen molar-refractivity contribution in [3.05, 3.63) is 47.3 Å². The number of amides is 1. The van der Waals surface area contributed by atoms with E-state index in [1.165, 1.54) is 4.90 Å². The lowest BCUT2D eigenvalue weighted by atomic mass is 10.2. The van der Waals surface area contributed by atoms with Crippen molar-refractivity contribution in [2.75, 3.05) is 20.2 Å². The van der Waals surface area contributed by atoms with Crippen LogP contribution < -0.4 is 4.74 Å². The SMILES string of the molecule is CCN(CC(=O)O)C(=O)c1cc(C)n(-c2ccc(OC)cc2)c1C. The maximum Gasteiger partial charge on any atom is 0.323 e. The third-order valence-electron chi connectivity index (χ3n) is 3.99. The highest BCUT2D eigenvalue weighted by molar-refractivity contribution is 5.97. The summed E-state index contributed by atoms with van der Waals surface area (Å²) in [6, 6.07) is 9.35. The van der Waals surface area contributed by atoms with Gasteiger partial charge in [-0.05, 0) is 51.1 Å². The molecular formula is C18H22N2O4. The number of aliphatic carboxylic acids is 1. The molecule has 1 aromatic carbocycles. The molecule has 0 aliphatic heterocycles. The van der Waals surface area contributed by atoms with Crippen molar-refractivity contribution in [2.24, 2.45) is 0 Å². The average Bonchev–Trinajstić information content (AvgIpc) is 2.86. The molecule has 0 bridgehead atoms. The monoisotopic (exact) mass is 330 g/mol. The molecule has 6 heteroatoms. The molecule has 1 aromatic heterocycles. The summed E-state index contributed by atoms with van der Waals surface area (Å²) in [5.74, 6) is -0.530. The van der Waals surface area contributed by atoms with E-state index >= 15 is 0 Å². The number of carboxylic acid groups (broad SMARTS) is 1. The van der Waals surface area contributed by atoms with Gasteiger partial charge in [-0.25, -0.2) is 0 Å². The van der Waals surface area contributed by atoms with Gasteiger partial charge < -0.3 is 19.3 Å². The Kier molecular flexibility index (Phi) is 5.28. The first kappa shape index (κ1) is 17.6. The van der Waals surface area contributed by atoms with E-state index in [1.54, 1.807) is 20.1 Å². The number of hydrogen-bond acceptors (Lipinski definition) is 3. The average molecular weight is 330 g/mol. The van der Waals surface area contributed by atoms with Gasteiger partial charge in [-0.3, -0.25) is 9.59 Å². The lowest BCUT2D eigenvalue weighted by Gasteiger charge is -2.18. The van der Waals surface area contributed by atoms with Crippen LogP contribution >= 0.6 is 0 Å². The molecule has 1 N–H and O–H groups in total. The van der Waals surface area contributed by atoms with Crippen LogP contribution in [0, 0.1) is 13.8 Å². The predicted octanol–water partition coefficient (Wildman–Crippen LogP) is 2.65. The lowest BCUT2D eigenvalue weighted by molar-refractivity contribution is -0.137. The number of carbonyl (C=O) groups excluding carboxylic acids is 1. The second kappa shape index (κ2) is 7.21. The zero-order chi connectivity index (χ0) is 17.9. The van der Waals surface area contributed by atoms with E-state index in [4.69, 9.17) is 9.84 Å². The first-order valence-corrected chi connectivity index (χ1v) is 7.73. The number of likely N-dealkylation sites (N-methyl/N-ethyl adjacent to an activating group) is 1. The van der Waals surface area contributed by atoms with Gasteiger partial charge in [0.05, 0.1) is 12.7 Å². The Bertz CT molecular complexity index is 747. The largest absolute Gasteiger partial charge is 0.497 e. The van der Waals surface area contributed by atoms with Crippen LogP contribution in [0.25, 0.3) is 5.69 Å². The van der Waals surface area contributed by atoms with E-state index in [-0.39, 0.29) is 12.5 Å². The van der Waals surface area contributed by atoms with Gasteiger partial charge in [-0.2, -0.15) is 0 Å². The summed E-state index contributed by atoms with van der Waals surface area (Å²) < 4.78 is 7.14. The van der Waals surface area contributed by atoms with Crippen molar-refractivity contribution < 1.29 is 19.4 Å². The zero-order valence-corrected chi connectivity index (χ0v) is 14.4. The fourth-order valence-corrected chi connectivity index (χ4v) is 2.77. The summed E-state index contributed by atoms with van der Waals surface area (Å²) in [5.41, 5.74) is 3.14. The molecule has 2 aromatic rings. The Morgan fingerprint density at radius 3 is 2.33 bits per heavy atom. The topological polar surface area (TPSA) is 71.8 Å². The van der Waals surface area contributed by atoms with Crippen LogP contribution in [-0.4, -0.2) is 46.6 Å². The highest BCUT2D eigenvalue weighted by Gasteiger charge is 2.22. The standard InChI is InChI=1S/C18H22N2O4/c1-5-19(11-17(21)22)18(23)16-10-12(2)20(13(16)3)14-6-8-15(24-4)9-7-14/h6-10H,5,11H2,1-4H3,(H,21,22). The van der Waals surface area contributed by atoms with E-state index in [0.29, 0.717) is 12.1 Å². The van der Waals surface area contributed by atoms with Crippen LogP contribution in [0.3, 0.4) is 0 Å². The van der Waals surface area contributed by atoms with Gasteiger partial charge in [0.1, 0.15) is 12.3 Å². The zero-order valence-electron chi connectivity index (χ0n) is 14.4. The molecule has 6 nitrogen and oxygen atoms in total. The molecule has 0 fully saturated rings. The Labute approximate surface area is 141 Å². The number of benzene rings is 1. The maximum absolute atomic E-state index is 12.7. The van der Waals surface area contributed by atoms with Crippen molar-refractivity contribution in [1.29, 1.82) is 0 Å². The first-order chi connectivity index (χ1) is 11.4. The highest BCUT2D eigenvalue weighted by Crippen LogP contribution is 2.23. The molecule has 0 saturated carbocycles. The van der Waals surface area contributed by atoms with Crippen molar-refractivity contribution in [1.82, 2.24) is 9.47 Å². The summed E-state index contributed by atoms with van der Waals surface area (Å²) in [5, 5.41) is 8.96. The normalized spacial score (nSPS) is 10.5. The van der Waals surface area contributed by atoms with Gasteiger partial charge in [0.2, 0.25) is 0 Å². The van der Waals surface area contributed by atoms with Crippen molar-refractivity contribution in [3.63, 3.8) is 0 Å². The number of ether oxygens (including phenoxy) is 1. The quantitative estimate of drug-likeness (QED) is 0.884. The van der Waals surface area contributed by atoms with Crippen molar-refractivity contribution in [2.45, 2.75) is 20.8 Å². The molecule has 0 aliphatic carbocycles. The molecule has 0 aliphatic rings. The van der Waals surface area contributed by atoms with Gasteiger partial charge in [0.15, 0.2) is 0 Å². The van der Waals surface area contributed by atoms with E-state index < -0.39 is 5.97 Å². The molecule has 0 saturated heterocycles. The molecule has 1 heterocycles. The summed E-state index contributed by atoms with van der Waals surface area (Å²) >= 11 is 0. The van der Waals surface area contributed by atoms with E-state index in [0.717, 1.165) is 22.8 Å². The summed E-state index contributed by atoms with van der Waals surface area (Å²) in [7, 11) is 1.61. The molecule has 0 spiro atoms. The minimum atomic E-state index is -1.02. The minimum absolute atomic E-state index is 0.271. The van der Waals surface area contributed by atoms with Crippen molar-refractivity contribution in [3.8, 4) is 11.4 Å². The van der Waals surface area contributed by atoms with E-state index in [9.17, 15) is 9.59 Å². The molecule has 2 rings (SSSR count). The maximum atomic E-state index is 12.7. The molecule has 1 amide bonds. The van der Waals surface area contributed by atoms with E-state index in [2.05, 4.69) is 0 Å². The molecule has 0 unspecified atom stereocenters. The Morgan fingerprint density at radius 2 is 1.83 bits per heavy atom. The highest BCUT2D eigenvalue weighted by atomic mass is 16.5. The van der Waals surface area contributed by atoms with Crippen LogP contribution in [-0.2, 0) is 4.79 Å². The third kappa shape index (κ3) is 3.42. The number of aromatic nitrogens is 1. The van der Waals surface area contributed by atoms with Crippen LogP contribution in [0.5, 0.6) is 5.75 Å². The van der Waals surface area contributed by atoms with Gasteiger partial charge in [0, 0.05) is 23.6 Å². The van der Waals surface area contributed by atoms with Crippen LogP contribution in [0.4, 0.5) is 0 Å². The molecule has 0 atom stereocenters. The second-order valence-corrected chi connectivity index (χ2v) is 5.53. The summed E-state index contributed by atoms with van der Waals surface area (Å²) in [6.07, 6.45) is 0. The minimum Gasteiger partial charge on any atom is -0.497 e. The Balaban J connectivity index is 2.40. The molecule has 24 heavy (non-hydrogen) atoms. The number of aryl methyl sites for hydroxylation is 1. The van der Waals surface area contributed by atoms with Gasteiger partial charge in [0.25, 0.3) is 5.91 Å². The smallest absolute Gasteiger partial charge is 0.323 e. The number of carboxylic acids is 1. The van der Waals surface area contributed by atoms with Crippen molar-refractivity contribution >= 4 is 11.9 Å². The molecule has 128 valence electrons. The van der Waals surface area contributed by atoms with Crippen LogP contribution in [0.2, 0.25) is 0 Å². The fraction of sp³-hybridized carbons (Fsp3) is 0.333. The predicted molar refractivity (Wildman–Crippen MR) is 91.0 cm³/mol. The first-order valence-electron chi connectivity index (χ1n) is 7.73. The van der Waals surface area contributed by atoms with Crippen LogP contribution in [0.15, 0.2) is 30.3 Å². The number of nitrogens with zero attached hydrogens (tertiary/aromatic N) is 2. The Morgan fingerprint density at radius 1 is 1.21 bits per heavy atom. The van der Waals surface area contributed by atoms with Gasteiger partial charge >= 0.3 is 5.97 Å². The molecular weight excluding hydrogens is 308 g/mol. The fourth-order valence-electron chi connectivity index (χ4n) is 2.77.